The first-order valence-corrected chi connectivity index (χ1v) is 8.15. The van der Waals surface area contributed by atoms with Gasteiger partial charge in [-0.2, -0.15) is 0 Å². The van der Waals surface area contributed by atoms with Crippen molar-refractivity contribution in [3.05, 3.63) is 63.6 Å². The van der Waals surface area contributed by atoms with Gasteiger partial charge in [0.15, 0.2) is 5.78 Å². The van der Waals surface area contributed by atoms with E-state index in [1.165, 1.54) is 9.75 Å². The molecule has 3 aromatic rings. The van der Waals surface area contributed by atoms with Gasteiger partial charge in [-0.05, 0) is 31.9 Å². The molecule has 0 saturated carbocycles. The van der Waals surface area contributed by atoms with Crippen molar-refractivity contribution in [3.63, 3.8) is 0 Å². The third kappa shape index (κ3) is 3.17. The Bertz CT molecular complexity index is 787. The van der Waals surface area contributed by atoms with Crippen LogP contribution in [0.2, 0.25) is 0 Å². The fourth-order valence-corrected chi connectivity index (χ4v) is 3.37. The normalized spacial score (nSPS) is 10.8. The Balaban J connectivity index is 1.86. The summed E-state index contributed by atoms with van der Waals surface area (Å²) in [4.78, 5) is 22.3. The molecule has 0 aliphatic rings. The van der Waals surface area contributed by atoms with Crippen molar-refractivity contribution in [2.75, 3.05) is 0 Å². The molecular formula is C18H18N2OS. The fraction of sp³-hybridized carbons (Fsp3) is 0.222. The number of benzene rings is 1. The van der Waals surface area contributed by atoms with Crippen LogP contribution in [0.3, 0.4) is 0 Å². The van der Waals surface area contributed by atoms with Crippen LogP contribution in [0.5, 0.6) is 0 Å². The van der Waals surface area contributed by atoms with Crippen molar-refractivity contribution >= 4 is 17.1 Å². The van der Waals surface area contributed by atoms with Crippen molar-refractivity contribution in [2.24, 2.45) is 0 Å². The van der Waals surface area contributed by atoms with Crippen molar-refractivity contribution in [1.82, 2.24) is 9.97 Å². The fourth-order valence-electron chi connectivity index (χ4n) is 2.48. The summed E-state index contributed by atoms with van der Waals surface area (Å²) in [6, 6.07) is 14.2. The topological polar surface area (TPSA) is 45.8 Å². The maximum atomic E-state index is 11.8. The summed E-state index contributed by atoms with van der Waals surface area (Å²) in [5, 5.41) is 0. The van der Waals surface area contributed by atoms with Gasteiger partial charge in [0.2, 0.25) is 0 Å². The molecule has 1 N–H and O–H groups in total. The highest BCUT2D eigenvalue weighted by Crippen LogP contribution is 2.21. The van der Waals surface area contributed by atoms with E-state index in [-0.39, 0.29) is 5.78 Å². The van der Waals surface area contributed by atoms with E-state index < -0.39 is 0 Å². The Morgan fingerprint density at radius 3 is 2.55 bits per heavy atom. The Morgan fingerprint density at radius 2 is 1.91 bits per heavy atom. The molecule has 112 valence electrons. The van der Waals surface area contributed by atoms with Crippen LogP contribution in [-0.2, 0) is 12.8 Å². The Morgan fingerprint density at radius 1 is 1.14 bits per heavy atom. The second-order valence-corrected chi connectivity index (χ2v) is 6.72. The molecule has 0 unspecified atom stereocenters. The number of aromatic amines is 1. The highest BCUT2D eigenvalue weighted by Gasteiger charge is 2.15. The number of aryl methyl sites for hydroxylation is 3. The number of carbonyl (C=O) groups excluding carboxylic acids is 1. The molecule has 4 heteroatoms. The monoisotopic (exact) mass is 310 g/mol. The Labute approximate surface area is 134 Å². The van der Waals surface area contributed by atoms with E-state index >= 15 is 0 Å². The highest BCUT2D eigenvalue weighted by atomic mass is 32.1. The number of hydrogen-bond acceptors (Lipinski definition) is 3. The largest absolute Gasteiger partial charge is 0.341 e. The molecule has 0 fully saturated rings. The van der Waals surface area contributed by atoms with Crippen LogP contribution >= 0.6 is 11.3 Å². The number of rotatable bonds is 5. The molecular weight excluding hydrogens is 292 g/mol. The van der Waals surface area contributed by atoms with E-state index in [1.54, 1.807) is 18.3 Å². The molecule has 3 nitrogen and oxygen atoms in total. The Kier molecular flexibility index (Phi) is 4.20. The minimum atomic E-state index is 0.00999. The summed E-state index contributed by atoms with van der Waals surface area (Å²) in [6.07, 6.45) is 1.73. The SMILES string of the molecule is CC(=O)c1nc(-c2ccccc2)[nH]c1CCc1ccc(C)s1. The quantitative estimate of drug-likeness (QED) is 0.708. The third-order valence-corrected chi connectivity index (χ3v) is 4.64. The average Bonchev–Trinajstić information content (AvgIpc) is 3.12. The van der Waals surface area contributed by atoms with Crippen LogP contribution in [0.25, 0.3) is 11.4 Å². The number of carbonyl (C=O) groups is 1. The van der Waals surface area contributed by atoms with E-state index in [0.717, 1.165) is 29.9 Å². The molecule has 2 aromatic heterocycles. The van der Waals surface area contributed by atoms with E-state index in [0.29, 0.717) is 5.69 Å². The van der Waals surface area contributed by atoms with Gasteiger partial charge in [-0.25, -0.2) is 4.98 Å². The van der Waals surface area contributed by atoms with Crippen molar-refractivity contribution < 1.29 is 4.79 Å². The number of nitrogens with one attached hydrogen (secondary N) is 1. The zero-order chi connectivity index (χ0) is 15.5. The lowest BCUT2D eigenvalue weighted by Crippen LogP contribution is -2.00. The minimum Gasteiger partial charge on any atom is -0.341 e. The summed E-state index contributed by atoms with van der Waals surface area (Å²) >= 11 is 1.81. The number of ketones is 1. The van der Waals surface area contributed by atoms with Crippen LogP contribution in [0.4, 0.5) is 0 Å². The predicted octanol–water partition coefficient (Wildman–Crippen LogP) is 4.43. The molecule has 2 heterocycles. The van der Waals surface area contributed by atoms with E-state index in [9.17, 15) is 4.79 Å². The van der Waals surface area contributed by atoms with E-state index in [2.05, 4.69) is 29.0 Å². The first kappa shape index (κ1) is 14.7. The van der Waals surface area contributed by atoms with Crippen molar-refractivity contribution in [1.29, 1.82) is 0 Å². The molecule has 0 aliphatic heterocycles. The molecule has 3 rings (SSSR count). The number of imidazole rings is 1. The lowest BCUT2D eigenvalue weighted by molar-refractivity contribution is 0.101. The third-order valence-electron chi connectivity index (χ3n) is 3.58. The number of aromatic nitrogens is 2. The van der Waals surface area contributed by atoms with Gasteiger partial charge in [-0.3, -0.25) is 4.79 Å². The van der Waals surface area contributed by atoms with Crippen LogP contribution < -0.4 is 0 Å². The van der Waals surface area contributed by atoms with Crippen LogP contribution in [-0.4, -0.2) is 15.8 Å². The molecule has 0 radical (unpaired) electrons. The van der Waals surface area contributed by atoms with E-state index in [1.807, 2.05) is 30.3 Å². The molecule has 1 aromatic carbocycles. The minimum absolute atomic E-state index is 0.00999. The molecule has 0 spiro atoms. The molecule has 0 atom stereocenters. The number of thiophene rings is 1. The maximum Gasteiger partial charge on any atom is 0.179 e. The van der Waals surface area contributed by atoms with Gasteiger partial charge >= 0.3 is 0 Å². The van der Waals surface area contributed by atoms with Gasteiger partial charge in [-0.15, -0.1) is 11.3 Å². The summed E-state index contributed by atoms with van der Waals surface area (Å²) < 4.78 is 0. The first-order valence-electron chi connectivity index (χ1n) is 7.34. The van der Waals surface area contributed by atoms with Gasteiger partial charge in [0.25, 0.3) is 0 Å². The zero-order valence-electron chi connectivity index (χ0n) is 12.7. The first-order chi connectivity index (χ1) is 10.6. The molecule has 0 amide bonds. The summed E-state index contributed by atoms with van der Waals surface area (Å²) in [5.74, 6) is 0.777. The number of Topliss-reactive ketones (excluding diaryl/α,β-unsaturated/α-hetero) is 1. The molecule has 22 heavy (non-hydrogen) atoms. The summed E-state index contributed by atoms with van der Waals surface area (Å²) in [5.41, 5.74) is 2.49. The molecule has 0 bridgehead atoms. The van der Waals surface area contributed by atoms with Gasteiger partial charge < -0.3 is 4.98 Å². The smallest absolute Gasteiger partial charge is 0.179 e. The van der Waals surface area contributed by atoms with Gasteiger partial charge in [0.1, 0.15) is 11.5 Å². The van der Waals surface area contributed by atoms with Gasteiger partial charge in [0, 0.05) is 27.9 Å². The average molecular weight is 310 g/mol. The van der Waals surface area contributed by atoms with Gasteiger partial charge in [-0.1, -0.05) is 30.3 Å². The molecule has 0 aliphatic carbocycles. The second kappa shape index (κ2) is 6.28. The lowest BCUT2D eigenvalue weighted by Gasteiger charge is -1.99. The number of H-pyrrole nitrogens is 1. The lowest BCUT2D eigenvalue weighted by atomic mass is 10.1. The van der Waals surface area contributed by atoms with Crippen LogP contribution in [0.1, 0.15) is 32.9 Å². The van der Waals surface area contributed by atoms with Crippen molar-refractivity contribution in [2.45, 2.75) is 26.7 Å². The maximum absolute atomic E-state index is 11.8. The van der Waals surface area contributed by atoms with E-state index in [4.69, 9.17) is 0 Å². The number of nitrogens with zero attached hydrogens (tertiary/aromatic N) is 1. The molecule has 0 saturated heterocycles. The second-order valence-electron chi connectivity index (χ2n) is 5.35. The van der Waals surface area contributed by atoms with Crippen LogP contribution in [0, 0.1) is 6.92 Å². The zero-order valence-corrected chi connectivity index (χ0v) is 13.5. The summed E-state index contributed by atoms with van der Waals surface area (Å²) in [6.45, 7) is 3.68. The highest BCUT2D eigenvalue weighted by molar-refractivity contribution is 7.11. The number of hydrogen-bond donors (Lipinski definition) is 1. The van der Waals surface area contributed by atoms with Gasteiger partial charge in [0.05, 0.1) is 0 Å². The van der Waals surface area contributed by atoms with Crippen LogP contribution in [0.15, 0.2) is 42.5 Å². The predicted molar refractivity (Wildman–Crippen MR) is 90.5 cm³/mol. The van der Waals surface area contributed by atoms with Crippen molar-refractivity contribution in [3.8, 4) is 11.4 Å². The Hall–Kier alpha value is -2.20. The summed E-state index contributed by atoms with van der Waals surface area (Å²) in [7, 11) is 0. The standard InChI is InChI=1S/C18H18N2OS/c1-12-8-9-15(22-12)10-11-16-17(13(2)21)20-18(19-16)14-6-4-3-5-7-14/h3-9H,10-11H2,1-2H3,(H,19,20).